The molecule has 0 unspecified atom stereocenters. The van der Waals surface area contributed by atoms with Crippen LogP contribution in [-0.4, -0.2) is 74.2 Å². The van der Waals surface area contributed by atoms with Crippen molar-refractivity contribution in [2.24, 2.45) is 5.92 Å². The number of aliphatic hydroxyl groups is 1. The number of nitrogens with zero attached hydrogens (tertiary/aromatic N) is 2. The number of carbonyl (C=O) groups excluding carboxylic acids is 1. The fraction of sp³-hybridized carbons (Fsp3) is 0.500. The predicted molar refractivity (Wildman–Crippen MR) is 137 cm³/mol. The summed E-state index contributed by atoms with van der Waals surface area (Å²) >= 11 is 0. The van der Waals surface area contributed by atoms with Crippen LogP contribution in [0.4, 0.5) is 4.79 Å². The zero-order valence-electron chi connectivity index (χ0n) is 21.2. The number of ether oxygens (including phenoxy) is 1. The summed E-state index contributed by atoms with van der Waals surface area (Å²) in [6.45, 7) is 8.32. The van der Waals surface area contributed by atoms with Gasteiger partial charge in [0.1, 0.15) is 16.7 Å². The Morgan fingerprint density at radius 3 is 2.51 bits per heavy atom. The van der Waals surface area contributed by atoms with E-state index in [4.69, 9.17) is 4.74 Å². The lowest BCUT2D eigenvalue weighted by atomic mass is 10.0. The normalized spacial score (nSPS) is 20.6. The van der Waals surface area contributed by atoms with Gasteiger partial charge in [-0.15, -0.1) is 0 Å². The van der Waals surface area contributed by atoms with E-state index in [0.29, 0.717) is 6.54 Å². The van der Waals surface area contributed by atoms with Gasteiger partial charge in [0.15, 0.2) is 0 Å². The van der Waals surface area contributed by atoms with Gasteiger partial charge in [-0.2, -0.15) is 4.31 Å². The molecule has 192 valence electrons. The highest BCUT2D eigenvalue weighted by atomic mass is 32.2. The molecule has 0 aromatic heterocycles. The molecule has 2 aromatic rings. The van der Waals surface area contributed by atoms with Crippen molar-refractivity contribution in [3.8, 4) is 16.9 Å². The standard InChI is InChI=1S/C26H37N3O5S/c1-6-13-27-26(31)28(5)16-24-19(3)15-29(20(4)17-30)35(32,33)25-12-11-22(14-23(25)34-24)21-9-7-18(2)8-10-21/h7-12,14,19-20,24,30H,6,13,15-17H2,1-5H3,(H,27,31)/t19-,20-,24+/m1/s1. The van der Waals surface area contributed by atoms with Crippen molar-refractivity contribution in [3.63, 3.8) is 0 Å². The van der Waals surface area contributed by atoms with Gasteiger partial charge in [0.05, 0.1) is 13.2 Å². The van der Waals surface area contributed by atoms with Crippen LogP contribution in [0.1, 0.15) is 32.8 Å². The van der Waals surface area contributed by atoms with E-state index in [2.05, 4.69) is 5.32 Å². The molecule has 2 aromatic carbocycles. The number of amides is 2. The van der Waals surface area contributed by atoms with Gasteiger partial charge in [-0.25, -0.2) is 13.2 Å². The first kappa shape index (κ1) is 27.0. The molecule has 0 aliphatic carbocycles. The average Bonchev–Trinajstić information content (AvgIpc) is 2.84. The maximum absolute atomic E-state index is 13.6. The van der Waals surface area contributed by atoms with Gasteiger partial charge in [0.25, 0.3) is 0 Å². The first-order valence-corrected chi connectivity index (χ1v) is 13.5. The van der Waals surface area contributed by atoms with Crippen LogP contribution in [-0.2, 0) is 10.0 Å². The van der Waals surface area contributed by atoms with Gasteiger partial charge in [0.2, 0.25) is 10.0 Å². The van der Waals surface area contributed by atoms with Gasteiger partial charge < -0.3 is 20.1 Å². The number of hydrogen-bond acceptors (Lipinski definition) is 5. The Labute approximate surface area is 208 Å². The molecular formula is C26H37N3O5S. The third-order valence-corrected chi connectivity index (χ3v) is 8.40. The summed E-state index contributed by atoms with van der Waals surface area (Å²) in [6.07, 6.45) is 0.375. The van der Waals surface area contributed by atoms with Crippen LogP contribution in [0.25, 0.3) is 11.1 Å². The van der Waals surface area contributed by atoms with E-state index in [1.54, 1.807) is 37.1 Å². The fourth-order valence-electron chi connectivity index (χ4n) is 4.09. The van der Waals surface area contributed by atoms with Gasteiger partial charge in [0, 0.05) is 32.1 Å². The average molecular weight is 504 g/mol. The number of fused-ring (bicyclic) bond motifs is 1. The van der Waals surface area contributed by atoms with Crippen LogP contribution < -0.4 is 10.1 Å². The maximum atomic E-state index is 13.6. The molecule has 3 rings (SSSR count). The fourth-order valence-corrected chi connectivity index (χ4v) is 5.91. The van der Waals surface area contributed by atoms with Crippen molar-refractivity contribution >= 4 is 16.1 Å². The molecule has 0 bridgehead atoms. The summed E-state index contributed by atoms with van der Waals surface area (Å²) in [6, 6.07) is 12.3. The van der Waals surface area contributed by atoms with E-state index < -0.39 is 22.2 Å². The Hall–Kier alpha value is -2.62. The minimum atomic E-state index is -3.92. The lowest BCUT2D eigenvalue weighted by Crippen LogP contribution is -2.51. The molecule has 0 spiro atoms. The molecule has 2 N–H and O–H groups in total. The number of urea groups is 1. The highest BCUT2D eigenvalue weighted by Crippen LogP contribution is 2.36. The largest absolute Gasteiger partial charge is 0.487 e. The van der Waals surface area contributed by atoms with E-state index in [1.807, 2.05) is 45.0 Å². The molecule has 0 saturated carbocycles. The minimum absolute atomic E-state index is 0.0589. The van der Waals surface area contributed by atoms with Gasteiger partial charge in [-0.3, -0.25) is 0 Å². The van der Waals surface area contributed by atoms with E-state index in [1.165, 1.54) is 4.31 Å². The highest BCUT2D eigenvalue weighted by Gasteiger charge is 2.38. The number of likely N-dealkylation sites (N-methyl/N-ethyl adjacent to an activating group) is 1. The number of rotatable bonds is 7. The number of carbonyl (C=O) groups is 1. The monoisotopic (exact) mass is 503 g/mol. The third kappa shape index (κ3) is 6.15. The quantitative estimate of drug-likeness (QED) is 0.603. The van der Waals surface area contributed by atoms with Crippen LogP contribution in [0.2, 0.25) is 0 Å². The SMILES string of the molecule is CCCNC(=O)N(C)C[C@@H]1Oc2cc(-c3ccc(C)cc3)ccc2S(=O)(=O)N([C@H](C)CO)C[C@H]1C. The second kappa shape index (κ2) is 11.4. The molecule has 3 atom stereocenters. The summed E-state index contributed by atoms with van der Waals surface area (Å²) in [5.41, 5.74) is 2.91. The molecule has 9 heteroatoms. The summed E-state index contributed by atoms with van der Waals surface area (Å²) in [5, 5.41) is 12.7. The molecule has 0 radical (unpaired) electrons. The number of sulfonamides is 1. The number of aliphatic hydroxyl groups excluding tert-OH is 1. The minimum Gasteiger partial charge on any atom is -0.487 e. The van der Waals surface area contributed by atoms with Crippen molar-refractivity contribution in [1.82, 2.24) is 14.5 Å². The molecule has 2 amide bonds. The zero-order valence-corrected chi connectivity index (χ0v) is 22.0. The lowest BCUT2D eigenvalue weighted by Gasteiger charge is -2.37. The summed E-state index contributed by atoms with van der Waals surface area (Å²) in [4.78, 5) is 14.1. The van der Waals surface area contributed by atoms with Crippen LogP contribution in [0.3, 0.4) is 0 Å². The van der Waals surface area contributed by atoms with E-state index in [-0.39, 0.29) is 42.3 Å². The van der Waals surface area contributed by atoms with E-state index in [0.717, 1.165) is 23.1 Å². The van der Waals surface area contributed by atoms with Crippen molar-refractivity contribution in [3.05, 3.63) is 48.0 Å². The van der Waals surface area contributed by atoms with Crippen LogP contribution in [0.5, 0.6) is 5.75 Å². The number of nitrogens with one attached hydrogen (secondary N) is 1. The zero-order chi connectivity index (χ0) is 25.8. The number of hydrogen-bond donors (Lipinski definition) is 2. The van der Waals surface area contributed by atoms with Crippen LogP contribution in [0, 0.1) is 12.8 Å². The molecule has 1 heterocycles. The summed E-state index contributed by atoms with van der Waals surface area (Å²) < 4.78 is 35.0. The second-order valence-electron chi connectivity index (χ2n) is 9.38. The smallest absolute Gasteiger partial charge is 0.317 e. The molecule has 35 heavy (non-hydrogen) atoms. The topological polar surface area (TPSA) is 99.2 Å². The lowest BCUT2D eigenvalue weighted by molar-refractivity contribution is 0.0813. The number of aryl methyl sites for hydroxylation is 1. The second-order valence-corrected chi connectivity index (χ2v) is 11.2. The van der Waals surface area contributed by atoms with Crippen molar-refractivity contribution in [2.45, 2.75) is 51.2 Å². The van der Waals surface area contributed by atoms with Gasteiger partial charge in [-0.05, 0) is 43.5 Å². The van der Waals surface area contributed by atoms with Crippen LogP contribution >= 0.6 is 0 Å². The summed E-state index contributed by atoms with van der Waals surface area (Å²) in [7, 11) is -2.21. The van der Waals surface area contributed by atoms with E-state index >= 15 is 0 Å². The molecular weight excluding hydrogens is 466 g/mol. The summed E-state index contributed by atoms with van der Waals surface area (Å²) in [5.74, 6) is 0.00788. The van der Waals surface area contributed by atoms with Crippen molar-refractivity contribution < 1.29 is 23.1 Å². The Balaban J connectivity index is 2.05. The molecule has 1 aliphatic rings. The Morgan fingerprint density at radius 1 is 1.23 bits per heavy atom. The van der Waals surface area contributed by atoms with Gasteiger partial charge in [-0.1, -0.05) is 49.7 Å². The van der Waals surface area contributed by atoms with Gasteiger partial charge >= 0.3 is 6.03 Å². The molecule has 8 nitrogen and oxygen atoms in total. The molecule has 0 saturated heterocycles. The highest BCUT2D eigenvalue weighted by molar-refractivity contribution is 7.89. The van der Waals surface area contributed by atoms with Crippen molar-refractivity contribution in [1.29, 1.82) is 0 Å². The van der Waals surface area contributed by atoms with Crippen LogP contribution in [0.15, 0.2) is 47.4 Å². The molecule has 0 fully saturated rings. The first-order chi connectivity index (χ1) is 16.6. The Morgan fingerprint density at radius 2 is 1.89 bits per heavy atom. The van der Waals surface area contributed by atoms with E-state index in [9.17, 15) is 18.3 Å². The maximum Gasteiger partial charge on any atom is 0.317 e. The Bertz CT molecular complexity index is 1120. The Kier molecular flexibility index (Phi) is 8.79. The first-order valence-electron chi connectivity index (χ1n) is 12.1. The third-order valence-electron chi connectivity index (χ3n) is 6.38. The predicted octanol–water partition coefficient (Wildman–Crippen LogP) is 3.48. The van der Waals surface area contributed by atoms with Crippen molar-refractivity contribution in [2.75, 3.05) is 33.3 Å². The number of benzene rings is 2. The molecule has 1 aliphatic heterocycles.